The Kier molecular flexibility index (Phi) is 7.58. The fourth-order valence-electron chi connectivity index (χ4n) is 1.73. The van der Waals surface area contributed by atoms with Crippen LogP contribution in [0.25, 0.3) is 0 Å². The number of nitrogens with one attached hydrogen (secondary N) is 1. The third-order valence-electron chi connectivity index (χ3n) is 2.69. The van der Waals surface area contributed by atoms with Crippen molar-refractivity contribution < 1.29 is 17.9 Å². The number of hydrogen-bond acceptors (Lipinski definition) is 4. The highest BCUT2D eigenvalue weighted by Gasteiger charge is 2.19. The van der Waals surface area contributed by atoms with E-state index >= 15 is 0 Å². The lowest BCUT2D eigenvalue weighted by Crippen LogP contribution is -2.38. The Bertz CT molecular complexity index is 602. The van der Waals surface area contributed by atoms with Crippen molar-refractivity contribution in [1.29, 1.82) is 0 Å². The molecule has 1 aromatic carbocycles. The zero-order chi connectivity index (χ0) is 16.8. The van der Waals surface area contributed by atoms with Gasteiger partial charge in [-0.25, -0.2) is 8.42 Å². The van der Waals surface area contributed by atoms with E-state index in [9.17, 15) is 13.2 Å². The number of benzene rings is 1. The molecule has 0 fully saturated rings. The molecule has 0 aliphatic rings. The van der Waals surface area contributed by atoms with E-state index in [1.807, 2.05) is 0 Å². The van der Waals surface area contributed by atoms with Gasteiger partial charge >= 0.3 is 0 Å². The van der Waals surface area contributed by atoms with Gasteiger partial charge in [0, 0.05) is 36.0 Å². The Morgan fingerprint density at radius 2 is 1.86 bits per heavy atom. The molecule has 124 valence electrons. The number of methoxy groups -OCH3 is 1. The maximum atomic E-state index is 12.0. The van der Waals surface area contributed by atoms with Crippen LogP contribution in [0.3, 0.4) is 0 Å². The number of hydrogen-bond donors (Lipinski definition) is 1. The minimum Gasteiger partial charge on any atom is -0.385 e. The van der Waals surface area contributed by atoms with Crippen molar-refractivity contribution in [2.24, 2.45) is 0 Å². The Balaban J connectivity index is 2.70. The predicted molar refractivity (Wildman–Crippen MR) is 88.0 cm³/mol. The third kappa shape index (κ3) is 6.93. The molecule has 0 radical (unpaired) electrons. The quantitative estimate of drug-likeness (QED) is 0.713. The Morgan fingerprint density at radius 3 is 2.36 bits per heavy atom. The van der Waals surface area contributed by atoms with E-state index in [-0.39, 0.29) is 13.1 Å². The molecular weight excluding hydrogens is 351 g/mol. The molecular formula is C13H18Cl2N2O4S. The normalized spacial score (nSPS) is 11.7. The van der Waals surface area contributed by atoms with Crippen LogP contribution in [0.1, 0.15) is 6.42 Å². The monoisotopic (exact) mass is 368 g/mol. The summed E-state index contributed by atoms with van der Waals surface area (Å²) in [5.41, 5.74) is 0.410. The van der Waals surface area contributed by atoms with Gasteiger partial charge in [-0.05, 0) is 24.6 Å². The molecule has 0 aliphatic heterocycles. The maximum absolute atomic E-state index is 12.0. The molecule has 1 aromatic rings. The smallest absolute Gasteiger partial charge is 0.239 e. The van der Waals surface area contributed by atoms with Crippen molar-refractivity contribution in [3.63, 3.8) is 0 Å². The lowest BCUT2D eigenvalue weighted by atomic mass is 10.3. The van der Waals surface area contributed by atoms with Crippen LogP contribution >= 0.6 is 23.2 Å². The second-order valence-corrected chi connectivity index (χ2v) is 7.50. The molecule has 0 heterocycles. The molecule has 0 aliphatic carbocycles. The zero-order valence-corrected chi connectivity index (χ0v) is 14.6. The highest BCUT2D eigenvalue weighted by molar-refractivity contribution is 7.88. The van der Waals surface area contributed by atoms with Crippen LogP contribution in [0.4, 0.5) is 5.69 Å². The van der Waals surface area contributed by atoms with Gasteiger partial charge in [-0.1, -0.05) is 23.2 Å². The number of anilines is 1. The van der Waals surface area contributed by atoms with E-state index in [2.05, 4.69) is 5.32 Å². The van der Waals surface area contributed by atoms with Crippen LogP contribution in [-0.2, 0) is 19.6 Å². The molecule has 0 atom stereocenters. The number of sulfonamides is 1. The van der Waals surface area contributed by atoms with E-state index in [0.717, 1.165) is 10.6 Å². The van der Waals surface area contributed by atoms with Crippen molar-refractivity contribution in [2.45, 2.75) is 6.42 Å². The number of ether oxygens (including phenoxy) is 1. The minimum absolute atomic E-state index is 0.205. The number of carbonyl (C=O) groups is 1. The number of amides is 1. The summed E-state index contributed by atoms with van der Waals surface area (Å²) in [6.07, 6.45) is 1.56. The fraction of sp³-hybridized carbons (Fsp3) is 0.462. The van der Waals surface area contributed by atoms with Crippen molar-refractivity contribution in [3.05, 3.63) is 28.2 Å². The van der Waals surface area contributed by atoms with E-state index in [1.54, 1.807) is 0 Å². The summed E-state index contributed by atoms with van der Waals surface area (Å²) in [5.74, 6) is -0.471. The van der Waals surface area contributed by atoms with Crippen molar-refractivity contribution in [3.8, 4) is 0 Å². The molecule has 1 amide bonds. The van der Waals surface area contributed by atoms with Crippen LogP contribution in [0.2, 0.25) is 10.0 Å². The summed E-state index contributed by atoms with van der Waals surface area (Å²) < 4.78 is 29.3. The van der Waals surface area contributed by atoms with Gasteiger partial charge < -0.3 is 10.1 Å². The standard InChI is InChI=1S/C13H18Cl2N2O4S/c1-21-5-3-4-17(22(2,19)20)9-13(18)16-12-7-10(14)6-11(15)8-12/h6-8H,3-5,9H2,1-2H3,(H,16,18). The molecule has 9 heteroatoms. The Labute approximate surface area is 140 Å². The zero-order valence-electron chi connectivity index (χ0n) is 12.3. The summed E-state index contributed by atoms with van der Waals surface area (Å²) in [5, 5.41) is 3.33. The van der Waals surface area contributed by atoms with E-state index in [1.165, 1.54) is 25.3 Å². The van der Waals surface area contributed by atoms with Crippen molar-refractivity contribution >= 4 is 44.8 Å². The summed E-state index contributed by atoms with van der Waals surface area (Å²) in [6.45, 7) is 0.334. The van der Waals surface area contributed by atoms with Gasteiger partial charge in [-0.3, -0.25) is 4.79 Å². The van der Waals surface area contributed by atoms with Gasteiger partial charge in [-0.15, -0.1) is 0 Å². The second-order valence-electron chi connectivity index (χ2n) is 4.65. The molecule has 6 nitrogen and oxygen atoms in total. The first-order chi connectivity index (χ1) is 10.2. The largest absolute Gasteiger partial charge is 0.385 e. The van der Waals surface area contributed by atoms with E-state index in [4.69, 9.17) is 27.9 Å². The van der Waals surface area contributed by atoms with Crippen LogP contribution in [0.15, 0.2) is 18.2 Å². The molecule has 0 aromatic heterocycles. The molecule has 0 saturated carbocycles. The number of nitrogens with zero attached hydrogens (tertiary/aromatic N) is 1. The third-order valence-corrected chi connectivity index (χ3v) is 4.38. The lowest BCUT2D eigenvalue weighted by molar-refractivity contribution is -0.116. The number of carbonyl (C=O) groups excluding carboxylic acids is 1. The van der Waals surface area contributed by atoms with Crippen molar-refractivity contribution in [1.82, 2.24) is 4.31 Å². The van der Waals surface area contributed by atoms with Gasteiger partial charge in [-0.2, -0.15) is 4.31 Å². The lowest BCUT2D eigenvalue weighted by Gasteiger charge is -2.19. The average molecular weight is 369 g/mol. The first-order valence-electron chi connectivity index (χ1n) is 6.42. The van der Waals surface area contributed by atoms with Crippen molar-refractivity contribution in [2.75, 3.05) is 38.4 Å². The first-order valence-corrected chi connectivity index (χ1v) is 9.03. The SMILES string of the molecule is COCCCN(CC(=O)Nc1cc(Cl)cc(Cl)c1)S(C)(=O)=O. The van der Waals surface area contributed by atoms with Gasteiger partial charge in [0.05, 0.1) is 12.8 Å². The van der Waals surface area contributed by atoms with Crippen LogP contribution < -0.4 is 5.32 Å². The Morgan fingerprint density at radius 1 is 1.27 bits per heavy atom. The maximum Gasteiger partial charge on any atom is 0.239 e. The topological polar surface area (TPSA) is 75.7 Å². The van der Waals surface area contributed by atoms with Crippen LogP contribution in [0, 0.1) is 0 Å². The van der Waals surface area contributed by atoms with Crippen LogP contribution in [-0.4, -0.2) is 51.7 Å². The van der Waals surface area contributed by atoms with E-state index in [0.29, 0.717) is 28.8 Å². The Hall–Kier alpha value is -0.860. The first kappa shape index (κ1) is 19.2. The predicted octanol–water partition coefficient (Wildman–Crippen LogP) is 2.23. The minimum atomic E-state index is -3.48. The van der Waals surface area contributed by atoms with Gasteiger partial charge in [0.1, 0.15) is 0 Å². The van der Waals surface area contributed by atoms with E-state index < -0.39 is 15.9 Å². The molecule has 0 bridgehead atoms. The molecule has 0 spiro atoms. The average Bonchev–Trinajstić information content (AvgIpc) is 2.35. The molecule has 0 unspecified atom stereocenters. The van der Waals surface area contributed by atoms with Gasteiger partial charge in [0.2, 0.25) is 15.9 Å². The summed E-state index contributed by atoms with van der Waals surface area (Å²) in [7, 11) is -1.96. The molecule has 22 heavy (non-hydrogen) atoms. The summed E-state index contributed by atoms with van der Waals surface area (Å²) in [4.78, 5) is 12.0. The second kappa shape index (κ2) is 8.69. The number of halogens is 2. The summed E-state index contributed by atoms with van der Waals surface area (Å²) in [6, 6.07) is 4.59. The summed E-state index contributed by atoms with van der Waals surface area (Å²) >= 11 is 11.7. The molecule has 1 rings (SSSR count). The molecule has 0 saturated heterocycles. The molecule has 1 N–H and O–H groups in total. The van der Waals surface area contributed by atoms with Crippen LogP contribution in [0.5, 0.6) is 0 Å². The number of rotatable bonds is 8. The highest BCUT2D eigenvalue weighted by Crippen LogP contribution is 2.22. The van der Waals surface area contributed by atoms with Gasteiger partial charge in [0.15, 0.2) is 0 Å². The highest BCUT2D eigenvalue weighted by atomic mass is 35.5. The van der Waals surface area contributed by atoms with Gasteiger partial charge in [0.25, 0.3) is 0 Å². The fourth-order valence-corrected chi connectivity index (χ4v) is 3.07.